The van der Waals surface area contributed by atoms with Crippen LogP contribution in [-0.2, 0) is 0 Å². The van der Waals surface area contributed by atoms with Crippen molar-refractivity contribution < 1.29 is 0 Å². The number of para-hydroxylation sites is 3. The molecule has 0 aliphatic carbocycles. The topological polar surface area (TPSA) is 9.86 Å². The Hall–Kier alpha value is -7.20. The molecule has 0 radical (unpaired) electrons. The van der Waals surface area contributed by atoms with E-state index in [0.717, 1.165) is 0 Å². The van der Waals surface area contributed by atoms with Gasteiger partial charge in [0.25, 0.3) is 0 Å². The van der Waals surface area contributed by atoms with Gasteiger partial charge in [-0.25, -0.2) is 0 Å². The minimum Gasteiger partial charge on any atom is -0.309 e. The zero-order valence-electron chi connectivity index (χ0n) is 30.9. The average molecular weight is 743 g/mol. The van der Waals surface area contributed by atoms with Crippen molar-refractivity contribution in [3.8, 4) is 44.8 Å². The molecule has 0 aliphatic heterocycles. The van der Waals surface area contributed by atoms with Gasteiger partial charge in [0.05, 0.1) is 32.5 Å². The van der Waals surface area contributed by atoms with Crippen LogP contribution in [0.15, 0.2) is 206 Å². The lowest BCUT2D eigenvalue weighted by Crippen LogP contribution is -1.95. The monoisotopic (exact) mass is 742 g/mol. The number of benzene rings is 9. The Balaban J connectivity index is 1.06. The van der Waals surface area contributed by atoms with E-state index in [0.29, 0.717) is 0 Å². The molecule has 0 fully saturated rings. The van der Waals surface area contributed by atoms with Gasteiger partial charge in [-0.15, -0.1) is 11.3 Å². The summed E-state index contributed by atoms with van der Waals surface area (Å²) in [6, 6.07) is 75.6. The fourth-order valence-electron chi connectivity index (χ4n) is 9.15. The van der Waals surface area contributed by atoms with Gasteiger partial charge in [0.1, 0.15) is 0 Å². The first-order valence-electron chi connectivity index (χ1n) is 19.5. The normalized spacial score (nSPS) is 11.9. The van der Waals surface area contributed by atoms with E-state index in [9.17, 15) is 0 Å². The largest absolute Gasteiger partial charge is 0.309 e. The van der Waals surface area contributed by atoms with Crippen molar-refractivity contribution in [2.75, 3.05) is 0 Å². The molecule has 12 aromatic rings. The first-order valence-corrected chi connectivity index (χ1v) is 20.3. The average Bonchev–Trinajstić information content (AvgIpc) is 3.94. The van der Waals surface area contributed by atoms with Crippen molar-refractivity contribution in [1.29, 1.82) is 0 Å². The Morgan fingerprint density at radius 3 is 1.72 bits per heavy atom. The van der Waals surface area contributed by atoms with Crippen molar-refractivity contribution in [3.05, 3.63) is 206 Å². The maximum Gasteiger partial charge on any atom is 0.0641 e. The van der Waals surface area contributed by atoms with Crippen LogP contribution >= 0.6 is 11.3 Å². The van der Waals surface area contributed by atoms with Crippen LogP contribution in [0, 0.1) is 0 Å². The van der Waals surface area contributed by atoms with E-state index in [-0.39, 0.29) is 0 Å². The van der Waals surface area contributed by atoms with Crippen LogP contribution in [0.5, 0.6) is 0 Å². The van der Waals surface area contributed by atoms with Crippen LogP contribution in [0.25, 0.3) is 109 Å². The van der Waals surface area contributed by atoms with Gasteiger partial charge in [-0.2, -0.15) is 0 Å². The van der Waals surface area contributed by atoms with E-state index < -0.39 is 0 Å². The summed E-state index contributed by atoms with van der Waals surface area (Å²) in [6.07, 6.45) is 0. The van der Waals surface area contributed by atoms with Crippen molar-refractivity contribution in [2.45, 2.75) is 0 Å². The molecule has 0 bridgehead atoms. The van der Waals surface area contributed by atoms with Gasteiger partial charge in [-0.1, -0.05) is 146 Å². The highest BCUT2D eigenvalue weighted by Gasteiger charge is 2.20. The van der Waals surface area contributed by atoms with Gasteiger partial charge in [0, 0.05) is 42.7 Å². The van der Waals surface area contributed by atoms with Gasteiger partial charge < -0.3 is 9.13 Å². The van der Waals surface area contributed by atoms with E-state index in [1.807, 2.05) is 11.3 Å². The molecular formula is C54H34N2S. The maximum atomic E-state index is 2.49. The van der Waals surface area contributed by atoms with Crippen LogP contribution in [-0.4, -0.2) is 9.13 Å². The highest BCUT2D eigenvalue weighted by Crippen LogP contribution is 2.46. The number of hydrogen-bond donors (Lipinski definition) is 0. The molecule has 57 heavy (non-hydrogen) atoms. The lowest BCUT2D eigenvalue weighted by molar-refractivity contribution is 1.18. The quantitative estimate of drug-likeness (QED) is 0.166. The van der Waals surface area contributed by atoms with E-state index >= 15 is 0 Å². The number of aromatic nitrogens is 2. The molecular weight excluding hydrogens is 709 g/mol. The van der Waals surface area contributed by atoms with Crippen LogP contribution in [0.2, 0.25) is 0 Å². The highest BCUT2D eigenvalue weighted by atomic mass is 32.1. The number of fused-ring (bicyclic) bond motifs is 9. The summed E-state index contributed by atoms with van der Waals surface area (Å²) in [5.41, 5.74) is 14.6. The van der Waals surface area contributed by atoms with Gasteiger partial charge in [-0.05, 0) is 94.0 Å². The third-order valence-corrected chi connectivity index (χ3v) is 12.9. The Morgan fingerprint density at radius 1 is 0.316 bits per heavy atom. The summed E-state index contributed by atoms with van der Waals surface area (Å²) >= 11 is 1.89. The van der Waals surface area contributed by atoms with Gasteiger partial charge in [-0.3, -0.25) is 0 Å². The second kappa shape index (κ2) is 12.7. The van der Waals surface area contributed by atoms with E-state index in [2.05, 4.69) is 215 Å². The molecule has 12 rings (SSSR count). The minimum absolute atomic E-state index is 1.17. The van der Waals surface area contributed by atoms with Gasteiger partial charge >= 0.3 is 0 Å². The summed E-state index contributed by atoms with van der Waals surface area (Å²) in [5.74, 6) is 0. The molecule has 0 saturated heterocycles. The van der Waals surface area contributed by atoms with Crippen LogP contribution < -0.4 is 0 Å². The summed E-state index contributed by atoms with van der Waals surface area (Å²) < 4.78 is 7.49. The Morgan fingerprint density at radius 2 is 0.895 bits per heavy atom. The molecule has 3 heteroatoms. The molecule has 266 valence electrons. The fraction of sp³-hybridized carbons (Fsp3) is 0. The van der Waals surface area contributed by atoms with Crippen LogP contribution in [0.1, 0.15) is 0 Å². The first kappa shape index (κ1) is 32.1. The highest BCUT2D eigenvalue weighted by molar-refractivity contribution is 7.26. The molecule has 3 heterocycles. The van der Waals surface area contributed by atoms with E-state index in [4.69, 9.17) is 0 Å². The Kier molecular flexibility index (Phi) is 7.13. The summed E-state index contributed by atoms with van der Waals surface area (Å²) in [4.78, 5) is 0. The summed E-state index contributed by atoms with van der Waals surface area (Å²) in [7, 11) is 0. The zero-order valence-corrected chi connectivity index (χ0v) is 31.7. The molecule has 9 aromatic carbocycles. The van der Waals surface area contributed by atoms with Gasteiger partial charge in [0.2, 0.25) is 0 Å². The van der Waals surface area contributed by atoms with Crippen molar-refractivity contribution >= 4 is 75.1 Å². The molecule has 3 aromatic heterocycles. The Bertz CT molecular complexity index is 3510. The second-order valence-electron chi connectivity index (χ2n) is 14.9. The standard InChI is InChI=1S/C54H34N2S/c1-3-14-35(15-4-1)36-16-13-17-39(32-36)41-29-31-50(54-53(41)45-22-9-12-25-52(45)57-54)56-48-24-11-8-21-43(48)46-33-37(27-30-49(46)56)38-26-28-44-42-20-7-10-23-47(42)55(51(44)34-38)40-18-5-2-6-19-40/h1-34H. The molecule has 0 saturated carbocycles. The molecule has 0 aliphatic rings. The van der Waals surface area contributed by atoms with Crippen LogP contribution in [0.4, 0.5) is 0 Å². The Labute approximate surface area is 333 Å². The molecule has 0 atom stereocenters. The SMILES string of the molecule is c1ccc(-c2cccc(-c3ccc(-n4c5ccccc5c5cc(-c6ccc7c8ccccc8n(-c8ccccc8)c7c6)ccc54)c4sc5ccccc5c34)c2)cc1. The van der Waals surface area contributed by atoms with E-state index in [1.54, 1.807) is 0 Å². The molecule has 0 unspecified atom stereocenters. The van der Waals surface area contributed by atoms with Gasteiger partial charge in [0.15, 0.2) is 0 Å². The second-order valence-corrected chi connectivity index (χ2v) is 15.9. The number of rotatable bonds is 5. The number of hydrogen-bond acceptors (Lipinski definition) is 1. The molecule has 0 amide bonds. The van der Waals surface area contributed by atoms with E-state index in [1.165, 1.54) is 109 Å². The number of thiophene rings is 1. The van der Waals surface area contributed by atoms with Crippen molar-refractivity contribution in [3.63, 3.8) is 0 Å². The lowest BCUT2D eigenvalue weighted by Gasteiger charge is -2.14. The zero-order chi connectivity index (χ0) is 37.5. The van der Waals surface area contributed by atoms with Crippen molar-refractivity contribution in [2.24, 2.45) is 0 Å². The predicted octanol–water partition coefficient (Wildman–Crippen LogP) is 15.2. The predicted molar refractivity (Wildman–Crippen MR) is 244 cm³/mol. The third-order valence-electron chi connectivity index (χ3n) is 11.7. The maximum absolute atomic E-state index is 2.49. The van der Waals surface area contributed by atoms with Crippen molar-refractivity contribution in [1.82, 2.24) is 9.13 Å². The lowest BCUT2D eigenvalue weighted by atomic mass is 9.95. The smallest absolute Gasteiger partial charge is 0.0641 e. The minimum atomic E-state index is 1.17. The fourth-order valence-corrected chi connectivity index (χ4v) is 10.4. The first-order chi connectivity index (χ1) is 28.3. The molecule has 0 spiro atoms. The van der Waals surface area contributed by atoms with Crippen LogP contribution in [0.3, 0.4) is 0 Å². The third kappa shape index (κ3) is 4.96. The summed E-state index contributed by atoms with van der Waals surface area (Å²) in [5, 5.41) is 7.64. The molecule has 0 N–H and O–H groups in total. The molecule has 2 nitrogen and oxygen atoms in total. The number of nitrogens with zero attached hydrogens (tertiary/aromatic N) is 2. The summed E-state index contributed by atoms with van der Waals surface area (Å²) in [6.45, 7) is 0.